The summed E-state index contributed by atoms with van der Waals surface area (Å²) < 4.78 is 5.37. The summed E-state index contributed by atoms with van der Waals surface area (Å²) in [6.45, 7) is 3.81. The molecule has 19 heavy (non-hydrogen) atoms. The molecule has 0 aromatic carbocycles. The van der Waals surface area contributed by atoms with E-state index in [2.05, 4.69) is 5.32 Å². The highest BCUT2D eigenvalue weighted by molar-refractivity contribution is 5.75. The van der Waals surface area contributed by atoms with Gasteiger partial charge in [-0.3, -0.25) is 4.79 Å². The molecular formula is C13H22N2O4. The molecule has 0 bridgehead atoms. The zero-order valence-electron chi connectivity index (χ0n) is 11.3. The smallest absolute Gasteiger partial charge is 0.318 e. The van der Waals surface area contributed by atoms with E-state index < -0.39 is 5.97 Å². The zero-order valence-corrected chi connectivity index (χ0v) is 11.3. The Morgan fingerprint density at radius 3 is 2.84 bits per heavy atom. The minimum atomic E-state index is -0.755. The summed E-state index contributed by atoms with van der Waals surface area (Å²) >= 11 is 0. The number of nitrogens with zero attached hydrogens (tertiary/aromatic N) is 1. The Morgan fingerprint density at radius 2 is 2.21 bits per heavy atom. The van der Waals surface area contributed by atoms with Crippen LogP contribution in [0.4, 0.5) is 4.79 Å². The van der Waals surface area contributed by atoms with Crippen LogP contribution in [0.5, 0.6) is 0 Å². The van der Waals surface area contributed by atoms with Crippen molar-refractivity contribution in [3.63, 3.8) is 0 Å². The van der Waals surface area contributed by atoms with E-state index in [4.69, 9.17) is 9.84 Å². The van der Waals surface area contributed by atoms with Gasteiger partial charge in [0.05, 0.1) is 25.2 Å². The van der Waals surface area contributed by atoms with Gasteiger partial charge in [0.2, 0.25) is 0 Å². The normalized spacial score (nSPS) is 31.2. The largest absolute Gasteiger partial charge is 0.481 e. The van der Waals surface area contributed by atoms with Gasteiger partial charge in [0.15, 0.2) is 0 Å². The monoisotopic (exact) mass is 270 g/mol. The molecule has 2 amide bonds. The molecule has 2 fully saturated rings. The molecule has 0 aromatic heterocycles. The Balaban J connectivity index is 1.85. The summed E-state index contributed by atoms with van der Waals surface area (Å²) in [5.74, 6) is -1.06. The molecule has 1 aliphatic carbocycles. The van der Waals surface area contributed by atoms with Crippen molar-refractivity contribution >= 4 is 12.0 Å². The topological polar surface area (TPSA) is 78.9 Å². The number of hydrogen-bond donors (Lipinski definition) is 2. The predicted molar refractivity (Wildman–Crippen MR) is 68.9 cm³/mol. The van der Waals surface area contributed by atoms with E-state index in [1.54, 1.807) is 0 Å². The summed E-state index contributed by atoms with van der Waals surface area (Å²) in [6, 6.07) is 0.0468. The molecule has 108 valence electrons. The van der Waals surface area contributed by atoms with Crippen LogP contribution in [0, 0.1) is 5.92 Å². The summed E-state index contributed by atoms with van der Waals surface area (Å²) in [7, 11) is 0. The summed E-state index contributed by atoms with van der Waals surface area (Å²) in [5, 5.41) is 11.9. The van der Waals surface area contributed by atoms with E-state index in [1.165, 1.54) is 0 Å². The van der Waals surface area contributed by atoms with Gasteiger partial charge in [-0.25, -0.2) is 4.79 Å². The molecule has 6 heteroatoms. The number of aliphatic carboxylic acids is 1. The number of urea groups is 1. The lowest BCUT2D eigenvalue weighted by Gasteiger charge is -2.35. The SMILES string of the molecule is CCC1COCCN1C(=O)NC1CCC(C(=O)O)C1. The highest BCUT2D eigenvalue weighted by Crippen LogP contribution is 2.26. The number of nitrogens with one attached hydrogen (secondary N) is 1. The van der Waals surface area contributed by atoms with E-state index in [1.807, 2.05) is 11.8 Å². The average Bonchev–Trinajstić information content (AvgIpc) is 2.87. The lowest BCUT2D eigenvalue weighted by Crippen LogP contribution is -2.53. The van der Waals surface area contributed by atoms with Gasteiger partial charge in [-0.1, -0.05) is 6.92 Å². The third-order valence-electron chi connectivity index (χ3n) is 4.07. The van der Waals surface area contributed by atoms with Gasteiger partial charge in [-0.15, -0.1) is 0 Å². The number of ether oxygens (including phenoxy) is 1. The highest BCUT2D eigenvalue weighted by Gasteiger charge is 2.33. The molecule has 6 nitrogen and oxygen atoms in total. The maximum absolute atomic E-state index is 12.2. The lowest BCUT2D eigenvalue weighted by molar-refractivity contribution is -0.141. The Morgan fingerprint density at radius 1 is 1.42 bits per heavy atom. The number of morpholine rings is 1. The fourth-order valence-corrected chi connectivity index (χ4v) is 2.85. The van der Waals surface area contributed by atoms with Gasteiger partial charge in [0.25, 0.3) is 0 Å². The van der Waals surface area contributed by atoms with Crippen LogP contribution in [0.2, 0.25) is 0 Å². The highest BCUT2D eigenvalue weighted by atomic mass is 16.5. The molecule has 1 saturated carbocycles. The Hall–Kier alpha value is -1.30. The van der Waals surface area contributed by atoms with Gasteiger partial charge >= 0.3 is 12.0 Å². The second kappa shape index (κ2) is 6.23. The van der Waals surface area contributed by atoms with Gasteiger partial charge in [0, 0.05) is 12.6 Å². The Bertz CT molecular complexity index is 348. The number of amides is 2. The van der Waals surface area contributed by atoms with E-state index in [9.17, 15) is 9.59 Å². The molecule has 3 unspecified atom stereocenters. The van der Waals surface area contributed by atoms with Crippen molar-refractivity contribution in [1.82, 2.24) is 10.2 Å². The maximum atomic E-state index is 12.2. The number of rotatable bonds is 3. The molecule has 0 radical (unpaired) electrons. The zero-order chi connectivity index (χ0) is 13.8. The first-order valence-electron chi connectivity index (χ1n) is 6.99. The summed E-state index contributed by atoms with van der Waals surface area (Å²) in [5.41, 5.74) is 0. The average molecular weight is 270 g/mol. The predicted octanol–water partition coefficient (Wildman–Crippen LogP) is 1.06. The van der Waals surface area contributed by atoms with E-state index in [-0.39, 0.29) is 24.0 Å². The minimum absolute atomic E-state index is 0.00560. The van der Waals surface area contributed by atoms with Crippen LogP contribution in [0.1, 0.15) is 32.6 Å². The second-order valence-corrected chi connectivity index (χ2v) is 5.33. The van der Waals surface area contributed by atoms with Crippen molar-refractivity contribution in [2.75, 3.05) is 19.8 Å². The maximum Gasteiger partial charge on any atom is 0.318 e. The molecule has 2 N–H and O–H groups in total. The van der Waals surface area contributed by atoms with Crippen molar-refractivity contribution in [1.29, 1.82) is 0 Å². The van der Waals surface area contributed by atoms with Gasteiger partial charge in [0.1, 0.15) is 0 Å². The molecular weight excluding hydrogens is 248 g/mol. The van der Waals surface area contributed by atoms with Crippen LogP contribution in [0.25, 0.3) is 0 Å². The van der Waals surface area contributed by atoms with Crippen molar-refractivity contribution in [2.24, 2.45) is 5.92 Å². The van der Waals surface area contributed by atoms with E-state index in [0.29, 0.717) is 32.6 Å². The van der Waals surface area contributed by atoms with Crippen LogP contribution in [0.3, 0.4) is 0 Å². The fraction of sp³-hybridized carbons (Fsp3) is 0.846. The van der Waals surface area contributed by atoms with Crippen LogP contribution < -0.4 is 5.32 Å². The van der Waals surface area contributed by atoms with Crippen molar-refractivity contribution < 1.29 is 19.4 Å². The number of hydrogen-bond acceptors (Lipinski definition) is 3. The molecule has 3 atom stereocenters. The molecule has 2 rings (SSSR count). The van der Waals surface area contributed by atoms with Crippen molar-refractivity contribution in [3.05, 3.63) is 0 Å². The van der Waals surface area contributed by atoms with Crippen LogP contribution in [-0.2, 0) is 9.53 Å². The summed E-state index contributed by atoms with van der Waals surface area (Å²) in [6.07, 6.45) is 2.82. The molecule has 1 heterocycles. The molecule has 2 aliphatic rings. The number of carbonyl (C=O) groups excluding carboxylic acids is 1. The van der Waals surface area contributed by atoms with E-state index in [0.717, 1.165) is 12.8 Å². The minimum Gasteiger partial charge on any atom is -0.481 e. The van der Waals surface area contributed by atoms with Crippen molar-refractivity contribution in [3.8, 4) is 0 Å². The van der Waals surface area contributed by atoms with Gasteiger partial charge < -0.3 is 20.1 Å². The number of carbonyl (C=O) groups is 2. The number of carboxylic acids is 1. The summed E-state index contributed by atoms with van der Waals surface area (Å²) in [4.78, 5) is 24.9. The lowest BCUT2D eigenvalue weighted by atomic mass is 10.1. The second-order valence-electron chi connectivity index (χ2n) is 5.33. The molecule has 0 spiro atoms. The molecule has 1 saturated heterocycles. The van der Waals surface area contributed by atoms with Crippen LogP contribution in [0.15, 0.2) is 0 Å². The van der Waals surface area contributed by atoms with Crippen molar-refractivity contribution in [2.45, 2.75) is 44.7 Å². The van der Waals surface area contributed by atoms with Gasteiger partial charge in [-0.2, -0.15) is 0 Å². The van der Waals surface area contributed by atoms with E-state index >= 15 is 0 Å². The first-order valence-corrected chi connectivity index (χ1v) is 6.99. The quantitative estimate of drug-likeness (QED) is 0.803. The van der Waals surface area contributed by atoms with Crippen LogP contribution >= 0.6 is 0 Å². The van der Waals surface area contributed by atoms with Gasteiger partial charge in [-0.05, 0) is 25.7 Å². The third kappa shape index (κ3) is 3.37. The first kappa shape index (κ1) is 14.1. The number of carboxylic acid groups (broad SMARTS) is 1. The Kier molecular flexibility index (Phi) is 4.63. The van der Waals surface area contributed by atoms with Crippen LogP contribution in [-0.4, -0.2) is 53.8 Å². The molecule has 1 aliphatic heterocycles. The Labute approximate surface area is 113 Å². The standard InChI is InChI=1S/C13H22N2O4/c1-2-11-8-19-6-5-15(11)13(18)14-10-4-3-9(7-10)12(16)17/h9-11H,2-8H2,1H3,(H,14,18)(H,16,17). The fourth-order valence-electron chi connectivity index (χ4n) is 2.85. The molecule has 0 aromatic rings. The third-order valence-corrected chi connectivity index (χ3v) is 4.07. The first-order chi connectivity index (χ1) is 9.11.